The minimum atomic E-state index is -1.44. The molecule has 248 valence electrons. The Labute approximate surface area is 260 Å². The van der Waals surface area contributed by atoms with Crippen molar-refractivity contribution in [2.24, 2.45) is 0 Å². The fraction of sp³-hybridized carbons (Fsp3) is 0.892. The molecule has 5 nitrogen and oxygen atoms in total. The van der Waals surface area contributed by atoms with E-state index >= 15 is 0 Å². The van der Waals surface area contributed by atoms with Crippen molar-refractivity contribution in [1.82, 2.24) is 0 Å². The van der Waals surface area contributed by atoms with Gasteiger partial charge in [-0.25, -0.2) is 0 Å². The maximum atomic E-state index is 12.4. The zero-order valence-electron chi connectivity index (χ0n) is 27.9. The first kappa shape index (κ1) is 40.8. The van der Waals surface area contributed by atoms with Gasteiger partial charge in [-0.1, -0.05) is 154 Å². The van der Waals surface area contributed by atoms with E-state index in [1.54, 1.807) is 0 Å². The highest BCUT2D eigenvalue weighted by atomic mass is 16.6. The minimum Gasteiger partial charge on any atom is -0.457 e. The lowest BCUT2D eigenvalue weighted by atomic mass is 10.0. The molecule has 5 heteroatoms. The molecule has 1 unspecified atom stereocenters. The third-order valence-electron chi connectivity index (χ3n) is 8.31. The van der Waals surface area contributed by atoms with Crippen molar-refractivity contribution >= 4 is 11.8 Å². The highest BCUT2D eigenvalue weighted by Crippen LogP contribution is 2.15. The Kier molecular flexibility index (Phi) is 31.8. The molecule has 0 heterocycles. The number of ketones is 1. The van der Waals surface area contributed by atoms with E-state index in [9.17, 15) is 19.8 Å². The Balaban J connectivity index is 3.71. The average Bonchev–Trinajstić information content (AvgIpc) is 2.99. The fourth-order valence-corrected chi connectivity index (χ4v) is 5.44. The quantitative estimate of drug-likeness (QED) is 0.0448. The number of esters is 1. The summed E-state index contributed by atoms with van der Waals surface area (Å²) in [6, 6.07) is 0. The predicted octanol–water partition coefficient (Wildman–Crippen LogP) is 10.3. The molecule has 0 aliphatic carbocycles. The molecule has 0 aliphatic rings. The number of hydrogen-bond acceptors (Lipinski definition) is 5. The van der Waals surface area contributed by atoms with E-state index in [1.165, 1.54) is 116 Å². The summed E-state index contributed by atoms with van der Waals surface area (Å²) in [5.74, 6) is -0.787. The van der Waals surface area contributed by atoms with Gasteiger partial charge in [-0.15, -0.1) is 0 Å². The lowest BCUT2D eigenvalue weighted by molar-refractivity contribution is -0.161. The number of aliphatic hydroxyl groups is 2. The molecule has 0 aromatic heterocycles. The number of hydrogen-bond donors (Lipinski definition) is 2. The van der Waals surface area contributed by atoms with Crippen molar-refractivity contribution < 1.29 is 24.5 Å². The second-order valence-electron chi connectivity index (χ2n) is 12.4. The van der Waals surface area contributed by atoms with Gasteiger partial charge >= 0.3 is 5.97 Å². The van der Waals surface area contributed by atoms with E-state index < -0.39 is 24.8 Å². The molecule has 0 fully saturated rings. The normalized spacial score (nSPS) is 13.0. The number of ether oxygens (including phenoxy) is 1. The van der Waals surface area contributed by atoms with Gasteiger partial charge in [0.15, 0.2) is 18.0 Å². The molecule has 2 N–H and O–H groups in total. The van der Waals surface area contributed by atoms with E-state index in [2.05, 4.69) is 26.0 Å². The monoisotopic (exact) mass is 595 g/mol. The zero-order valence-corrected chi connectivity index (χ0v) is 27.9. The van der Waals surface area contributed by atoms with Crippen molar-refractivity contribution in [2.45, 2.75) is 206 Å². The molecule has 2 atom stereocenters. The number of aliphatic hydroxyl groups excluding tert-OH is 2. The Morgan fingerprint density at radius 2 is 0.905 bits per heavy atom. The number of carbonyl (C=O) groups excluding carboxylic acids is 2. The molecular formula is C37H70O5. The minimum absolute atomic E-state index is 0.258. The molecule has 42 heavy (non-hydrogen) atoms. The second-order valence-corrected chi connectivity index (χ2v) is 12.4. The van der Waals surface area contributed by atoms with Crippen LogP contribution in [-0.2, 0) is 14.3 Å². The largest absolute Gasteiger partial charge is 0.457 e. The van der Waals surface area contributed by atoms with E-state index in [0.717, 1.165) is 51.4 Å². The van der Waals surface area contributed by atoms with Gasteiger partial charge in [0.1, 0.15) is 0 Å². The first-order chi connectivity index (χ1) is 20.6. The SMILES string of the molecule is CCCCCCCC/C=C\CCCCCCCC(=O)O[C@@H](CO)C(O)C(=O)CCCCCCCCCCCCCCC. The van der Waals surface area contributed by atoms with Crippen LogP contribution in [-0.4, -0.2) is 40.8 Å². The lowest BCUT2D eigenvalue weighted by Crippen LogP contribution is -2.40. The van der Waals surface area contributed by atoms with Gasteiger partial charge in [0.05, 0.1) is 6.61 Å². The fourth-order valence-electron chi connectivity index (χ4n) is 5.44. The highest BCUT2D eigenvalue weighted by Gasteiger charge is 2.28. The van der Waals surface area contributed by atoms with E-state index in [4.69, 9.17) is 4.74 Å². The number of carbonyl (C=O) groups is 2. The summed E-state index contributed by atoms with van der Waals surface area (Å²) in [4.78, 5) is 24.6. The van der Waals surface area contributed by atoms with E-state index in [1.807, 2.05) is 0 Å². The van der Waals surface area contributed by atoms with Crippen LogP contribution in [0, 0.1) is 0 Å². The van der Waals surface area contributed by atoms with Crippen molar-refractivity contribution in [2.75, 3.05) is 6.61 Å². The molecule has 0 rings (SSSR count). The third-order valence-corrected chi connectivity index (χ3v) is 8.31. The first-order valence-corrected chi connectivity index (χ1v) is 18.2. The van der Waals surface area contributed by atoms with Crippen LogP contribution in [0.25, 0.3) is 0 Å². The molecule has 0 amide bonds. The Bertz CT molecular complexity index is 617. The smallest absolute Gasteiger partial charge is 0.306 e. The Morgan fingerprint density at radius 1 is 0.548 bits per heavy atom. The number of allylic oxidation sites excluding steroid dienone is 2. The van der Waals surface area contributed by atoms with Gasteiger partial charge in [-0.2, -0.15) is 0 Å². The molecular weight excluding hydrogens is 524 g/mol. The number of Topliss-reactive ketones (excluding diaryl/α,β-unsaturated/α-hetero) is 1. The van der Waals surface area contributed by atoms with E-state index in [-0.39, 0.29) is 18.6 Å². The van der Waals surface area contributed by atoms with Gasteiger partial charge in [-0.05, 0) is 38.5 Å². The van der Waals surface area contributed by atoms with Crippen LogP contribution in [0.1, 0.15) is 194 Å². The first-order valence-electron chi connectivity index (χ1n) is 18.2. The van der Waals surface area contributed by atoms with Crippen molar-refractivity contribution in [1.29, 1.82) is 0 Å². The molecule has 0 aromatic carbocycles. The van der Waals surface area contributed by atoms with Crippen LogP contribution in [0.5, 0.6) is 0 Å². The highest BCUT2D eigenvalue weighted by molar-refractivity contribution is 5.83. The van der Waals surface area contributed by atoms with Gasteiger partial charge in [0.2, 0.25) is 0 Å². The number of rotatable bonds is 33. The summed E-state index contributed by atoms with van der Waals surface area (Å²) < 4.78 is 5.25. The molecule has 0 aliphatic heterocycles. The summed E-state index contributed by atoms with van der Waals surface area (Å²) in [5.41, 5.74) is 0. The molecule has 0 aromatic rings. The van der Waals surface area contributed by atoms with Crippen LogP contribution < -0.4 is 0 Å². The summed E-state index contributed by atoms with van der Waals surface area (Å²) in [6.07, 6.45) is 34.1. The molecule has 0 bridgehead atoms. The summed E-state index contributed by atoms with van der Waals surface area (Å²) >= 11 is 0. The lowest BCUT2D eigenvalue weighted by Gasteiger charge is -2.20. The van der Waals surface area contributed by atoms with Gasteiger partial charge < -0.3 is 14.9 Å². The van der Waals surface area contributed by atoms with Crippen LogP contribution in [0.2, 0.25) is 0 Å². The third kappa shape index (κ3) is 27.6. The topological polar surface area (TPSA) is 83.8 Å². The van der Waals surface area contributed by atoms with Crippen LogP contribution in [0.3, 0.4) is 0 Å². The second kappa shape index (κ2) is 32.7. The van der Waals surface area contributed by atoms with Crippen LogP contribution in [0.15, 0.2) is 12.2 Å². The Hall–Kier alpha value is -1.20. The standard InChI is InChI=1S/C37H70O5/c1-3-5-7-9-11-13-15-17-18-20-22-24-26-28-30-32-36(40)42-35(33-38)37(41)34(39)31-29-27-25-23-21-19-16-14-12-10-8-6-4-2/h17-18,35,37-38,41H,3-16,19-33H2,1-2H3/b18-17-/t35-,37?/m0/s1. The summed E-state index contributed by atoms with van der Waals surface area (Å²) in [7, 11) is 0. The molecule has 0 saturated carbocycles. The Morgan fingerprint density at radius 3 is 1.31 bits per heavy atom. The van der Waals surface area contributed by atoms with E-state index in [0.29, 0.717) is 0 Å². The maximum absolute atomic E-state index is 12.4. The summed E-state index contributed by atoms with van der Waals surface area (Å²) in [5, 5.41) is 19.9. The average molecular weight is 595 g/mol. The van der Waals surface area contributed by atoms with Crippen molar-refractivity contribution in [3.05, 3.63) is 12.2 Å². The maximum Gasteiger partial charge on any atom is 0.306 e. The van der Waals surface area contributed by atoms with Crippen molar-refractivity contribution in [3.63, 3.8) is 0 Å². The van der Waals surface area contributed by atoms with Crippen LogP contribution in [0.4, 0.5) is 0 Å². The molecule has 0 radical (unpaired) electrons. The van der Waals surface area contributed by atoms with Gasteiger partial charge in [0.25, 0.3) is 0 Å². The molecule has 0 spiro atoms. The molecule has 0 saturated heterocycles. The van der Waals surface area contributed by atoms with Crippen LogP contribution >= 0.6 is 0 Å². The van der Waals surface area contributed by atoms with Gasteiger partial charge in [-0.3, -0.25) is 9.59 Å². The zero-order chi connectivity index (χ0) is 30.9. The predicted molar refractivity (Wildman–Crippen MR) is 178 cm³/mol. The number of unbranched alkanes of at least 4 members (excludes halogenated alkanes) is 23. The van der Waals surface area contributed by atoms with Crippen molar-refractivity contribution in [3.8, 4) is 0 Å². The summed E-state index contributed by atoms with van der Waals surface area (Å²) in [6.45, 7) is 3.97. The van der Waals surface area contributed by atoms with Gasteiger partial charge in [0, 0.05) is 12.8 Å².